The molecule has 56 heavy (non-hydrogen) atoms. The largest absolute Gasteiger partial charge is 0.481 e. The van der Waals surface area contributed by atoms with E-state index in [9.17, 15) is 19.2 Å². The van der Waals surface area contributed by atoms with Crippen LogP contribution in [0.25, 0.3) is 0 Å². The van der Waals surface area contributed by atoms with Gasteiger partial charge in [-0.05, 0) is 117 Å². The van der Waals surface area contributed by atoms with Crippen LogP contribution < -0.4 is 11.1 Å². The van der Waals surface area contributed by atoms with Crippen molar-refractivity contribution in [3.8, 4) is 0 Å². The molecule has 12 nitrogen and oxygen atoms in total. The van der Waals surface area contributed by atoms with Crippen molar-refractivity contribution < 1.29 is 46.5 Å². The molecule has 0 aromatic heterocycles. The SMILES string of the molecule is C=C(C)C.CC(C)(C)OC(=O)Cc1ccccc1CNC(=O)c1ccc(Br)cc1.NCc1ccccc1CC(=O)O.O=C(Cl)c1ccc(Br)cc1.O=S(=O)(O)O. The number of allylic oxidation sites excluding steroid dienone is 1. The number of hydrogen-bond donors (Lipinski definition) is 5. The minimum absolute atomic E-state index is 0.0490. The van der Waals surface area contributed by atoms with E-state index in [1.807, 2.05) is 89.2 Å². The second kappa shape index (κ2) is 26.6. The second-order valence-electron chi connectivity index (χ2n) is 12.7. The average molecular weight is 943 g/mol. The van der Waals surface area contributed by atoms with Crippen LogP contribution in [-0.2, 0) is 50.7 Å². The number of carboxylic acid groups (broad SMARTS) is 1. The fourth-order valence-corrected chi connectivity index (χ4v) is 4.64. The van der Waals surface area contributed by atoms with E-state index >= 15 is 0 Å². The number of ether oxygens (including phenoxy) is 1. The smallest absolute Gasteiger partial charge is 0.394 e. The second-order valence-corrected chi connectivity index (χ2v) is 15.8. The number of nitrogens with two attached hydrogens (primary N) is 1. The average Bonchev–Trinajstić information content (AvgIpc) is 3.07. The van der Waals surface area contributed by atoms with Crippen molar-refractivity contribution in [2.24, 2.45) is 5.73 Å². The minimum Gasteiger partial charge on any atom is -0.481 e. The number of aliphatic carboxylic acids is 1. The van der Waals surface area contributed by atoms with E-state index in [0.29, 0.717) is 24.2 Å². The molecule has 0 heterocycles. The quantitative estimate of drug-likeness (QED) is 0.0463. The summed E-state index contributed by atoms with van der Waals surface area (Å²) in [6.45, 7) is 13.8. The van der Waals surface area contributed by atoms with E-state index in [4.69, 9.17) is 44.7 Å². The van der Waals surface area contributed by atoms with Crippen LogP contribution in [0.3, 0.4) is 0 Å². The number of benzene rings is 4. The molecule has 1 amide bonds. The molecular formula is C40H47Br2ClN2O10S. The molecule has 0 saturated carbocycles. The van der Waals surface area contributed by atoms with Gasteiger partial charge in [0.25, 0.3) is 11.1 Å². The molecule has 0 aliphatic carbocycles. The number of carbonyl (C=O) groups excluding carboxylic acids is 3. The van der Waals surface area contributed by atoms with Gasteiger partial charge in [0.05, 0.1) is 12.8 Å². The number of carboxylic acids is 1. The molecule has 0 atom stereocenters. The third kappa shape index (κ3) is 27.4. The standard InChI is InChI=1S/C20H22BrNO3.C9H11NO2.C7H4BrClO.C4H8.H2O4S/c1-20(2,3)25-18(23)12-15-6-4-5-7-16(15)13-22-19(24)14-8-10-17(21)11-9-14;10-6-8-4-2-1-3-7(8)5-9(11)12;8-6-3-1-5(2-4-6)7(9)10;1-4(2)3;1-5(2,3)4/h4-11H,12-13H2,1-3H3,(H,22,24);1-4H,5-6,10H2,(H,11,12);1-4H;1H2,2-3H3;(H2,1,2,3,4). The molecule has 16 heteroatoms. The Kier molecular flexibility index (Phi) is 24.6. The summed E-state index contributed by atoms with van der Waals surface area (Å²) >= 11 is 11.8. The van der Waals surface area contributed by atoms with Gasteiger partial charge in [0.1, 0.15) is 5.60 Å². The van der Waals surface area contributed by atoms with E-state index in [2.05, 4.69) is 43.8 Å². The Morgan fingerprint density at radius 3 is 1.50 bits per heavy atom. The van der Waals surface area contributed by atoms with Crippen LogP contribution in [0.15, 0.2) is 118 Å². The van der Waals surface area contributed by atoms with Crippen LogP contribution in [0.2, 0.25) is 0 Å². The maximum absolute atomic E-state index is 12.2. The first-order valence-electron chi connectivity index (χ1n) is 16.5. The number of carbonyl (C=O) groups is 4. The topological polar surface area (TPSA) is 210 Å². The van der Waals surface area contributed by atoms with E-state index in [1.165, 1.54) is 5.57 Å². The lowest BCUT2D eigenvalue weighted by molar-refractivity contribution is -0.154. The fourth-order valence-electron chi connectivity index (χ4n) is 3.99. The van der Waals surface area contributed by atoms with Gasteiger partial charge in [0, 0.05) is 33.2 Å². The van der Waals surface area contributed by atoms with Gasteiger partial charge in [-0.25, -0.2) is 0 Å². The molecule has 0 radical (unpaired) electrons. The molecule has 0 aliphatic rings. The zero-order valence-corrected chi connectivity index (χ0v) is 36.3. The highest BCUT2D eigenvalue weighted by molar-refractivity contribution is 9.10. The summed E-state index contributed by atoms with van der Waals surface area (Å²) in [7, 11) is -4.67. The summed E-state index contributed by atoms with van der Waals surface area (Å²) in [5, 5.41) is 11.0. The third-order valence-corrected chi connectivity index (χ3v) is 7.45. The third-order valence-electron chi connectivity index (χ3n) is 6.17. The Hall–Kier alpha value is -4.22. The van der Waals surface area contributed by atoms with Gasteiger partial charge >= 0.3 is 22.3 Å². The van der Waals surface area contributed by atoms with Gasteiger partial charge < -0.3 is 20.9 Å². The lowest BCUT2D eigenvalue weighted by Gasteiger charge is -2.20. The number of hydrogen-bond acceptors (Lipinski definition) is 8. The Labute approximate surface area is 350 Å². The van der Waals surface area contributed by atoms with Crippen LogP contribution in [0.1, 0.15) is 77.6 Å². The molecule has 4 rings (SSSR count). The molecule has 4 aromatic rings. The number of amides is 1. The van der Waals surface area contributed by atoms with Crippen molar-refractivity contribution in [2.75, 3.05) is 0 Å². The van der Waals surface area contributed by atoms with E-state index in [0.717, 1.165) is 31.2 Å². The summed E-state index contributed by atoms with van der Waals surface area (Å²) in [5.74, 6) is -1.25. The number of rotatable bonds is 9. The van der Waals surface area contributed by atoms with Crippen LogP contribution in [0.4, 0.5) is 0 Å². The summed E-state index contributed by atoms with van der Waals surface area (Å²) in [6, 6.07) is 28.9. The summed E-state index contributed by atoms with van der Waals surface area (Å²) in [4.78, 5) is 45.2. The molecule has 6 N–H and O–H groups in total. The molecule has 0 bridgehead atoms. The molecule has 0 unspecified atom stereocenters. The number of halogens is 3. The summed E-state index contributed by atoms with van der Waals surface area (Å²) < 4.78 is 38.8. The lowest BCUT2D eigenvalue weighted by atomic mass is 10.0. The van der Waals surface area contributed by atoms with Crippen LogP contribution in [-0.4, -0.2) is 51.3 Å². The van der Waals surface area contributed by atoms with Gasteiger partial charge in [-0.3, -0.25) is 28.3 Å². The molecular weight excluding hydrogens is 896 g/mol. The highest BCUT2D eigenvalue weighted by Crippen LogP contribution is 2.15. The zero-order chi connectivity index (χ0) is 43.1. The van der Waals surface area contributed by atoms with Gasteiger partial charge in [-0.1, -0.05) is 86.0 Å². The Morgan fingerprint density at radius 1 is 0.750 bits per heavy atom. The first kappa shape index (κ1) is 51.8. The Balaban J connectivity index is 0.000000806. The van der Waals surface area contributed by atoms with Crippen molar-refractivity contribution in [3.63, 3.8) is 0 Å². The van der Waals surface area contributed by atoms with Crippen LogP contribution in [0.5, 0.6) is 0 Å². The Morgan fingerprint density at radius 2 is 1.12 bits per heavy atom. The first-order valence-corrected chi connectivity index (χ1v) is 19.9. The lowest BCUT2D eigenvalue weighted by Crippen LogP contribution is -2.26. The predicted molar refractivity (Wildman–Crippen MR) is 226 cm³/mol. The molecule has 0 aliphatic heterocycles. The molecule has 4 aromatic carbocycles. The molecule has 304 valence electrons. The monoisotopic (exact) mass is 940 g/mol. The fraction of sp³-hybridized carbons (Fsp3) is 0.250. The maximum Gasteiger partial charge on any atom is 0.394 e. The molecule has 0 spiro atoms. The van der Waals surface area contributed by atoms with Crippen molar-refractivity contribution in [3.05, 3.63) is 152 Å². The zero-order valence-electron chi connectivity index (χ0n) is 31.6. The maximum atomic E-state index is 12.2. The number of esters is 1. The normalized spacial score (nSPS) is 10.2. The van der Waals surface area contributed by atoms with Gasteiger partial charge in [0.15, 0.2) is 0 Å². The highest BCUT2D eigenvalue weighted by atomic mass is 79.9. The van der Waals surface area contributed by atoms with E-state index in [1.54, 1.807) is 42.5 Å². The Bertz CT molecular complexity index is 1970. The van der Waals surface area contributed by atoms with Crippen molar-refractivity contribution in [1.82, 2.24) is 5.32 Å². The van der Waals surface area contributed by atoms with E-state index in [-0.39, 0.29) is 24.7 Å². The van der Waals surface area contributed by atoms with Crippen LogP contribution in [0, 0.1) is 0 Å². The van der Waals surface area contributed by atoms with Gasteiger partial charge in [-0.15, -0.1) is 6.58 Å². The highest BCUT2D eigenvalue weighted by Gasteiger charge is 2.18. The van der Waals surface area contributed by atoms with Crippen LogP contribution >= 0.6 is 43.5 Å². The summed E-state index contributed by atoms with van der Waals surface area (Å²) in [6.07, 6.45) is 0.231. The number of nitrogens with one attached hydrogen (secondary N) is 1. The van der Waals surface area contributed by atoms with Crippen molar-refractivity contribution in [2.45, 2.75) is 66.2 Å². The molecule has 0 fully saturated rings. The van der Waals surface area contributed by atoms with Gasteiger partial charge in [-0.2, -0.15) is 8.42 Å². The molecule has 0 saturated heterocycles. The van der Waals surface area contributed by atoms with Gasteiger partial charge in [0.2, 0.25) is 0 Å². The first-order chi connectivity index (χ1) is 25.9. The van der Waals surface area contributed by atoms with Crippen molar-refractivity contribution >= 4 is 76.9 Å². The minimum atomic E-state index is -4.67. The predicted octanol–water partition coefficient (Wildman–Crippen LogP) is 8.79. The van der Waals surface area contributed by atoms with Crippen molar-refractivity contribution in [1.29, 1.82) is 0 Å². The summed E-state index contributed by atoms with van der Waals surface area (Å²) in [5.41, 5.74) is 10.7. The van der Waals surface area contributed by atoms with E-state index < -0.39 is 27.2 Å².